The number of fused-ring (bicyclic) bond motifs is 1. The number of ether oxygens (including phenoxy) is 1. The lowest BCUT2D eigenvalue weighted by atomic mass is 9.97. The zero-order chi connectivity index (χ0) is 28.3. The summed E-state index contributed by atoms with van der Waals surface area (Å²) < 4.78 is 9.56. The largest absolute Gasteiger partial charge is 0.496 e. The number of aromatic amines is 1. The maximum absolute atomic E-state index is 14.3. The summed E-state index contributed by atoms with van der Waals surface area (Å²) in [4.78, 5) is 44.9. The molecule has 11 heteroatoms. The number of H-pyrrole nitrogens is 1. The summed E-state index contributed by atoms with van der Waals surface area (Å²) in [5.74, 6) is -1.22. The number of amides is 3. The number of hydrogen-bond donors (Lipinski definition) is 4. The summed E-state index contributed by atoms with van der Waals surface area (Å²) in [6.45, 7) is 5.83. The molecule has 10 nitrogen and oxygen atoms in total. The van der Waals surface area contributed by atoms with Crippen LogP contribution in [0.3, 0.4) is 0 Å². The Morgan fingerprint density at radius 2 is 1.85 bits per heavy atom. The molecule has 2 aromatic heterocycles. The van der Waals surface area contributed by atoms with Gasteiger partial charge in [0.1, 0.15) is 16.7 Å². The number of para-hydroxylation sites is 2. The van der Waals surface area contributed by atoms with Crippen molar-refractivity contribution in [2.45, 2.75) is 45.3 Å². The van der Waals surface area contributed by atoms with Gasteiger partial charge in [0.2, 0.25) is 5.91 Å². The SMILES string of the molecule is CCC(C)(C)NC(=O)[C@H](c1c[nH]c2ccccc12)N(Cc1ccccc1OC)C(=O)c1snc(C(N)=O)c1N. The molecule has 2 aromatic carbocycles. The predicted octanol–water partition coefficient (Wildman–Crippen LogP) is 4.00. The van der Waals surface area contributed by atoms with Gasteiger partial charge < -0.3 is 31.4 Å². The van der Waals surface area contributed by atoms with Gasteiger partial charge in [0.05, 0.1) is 19.3 Å². The van der Waals surface area contributed by atoms with Gasteiger partial charge in [-0.05, 0) is 43.9 Å². The van der Waals surface area contributed by atoms with E-state index in [4.69, 9.17) is 16.2 Å². The number of methoxy groups -OCH3 is 1. The minimum Gasteiger partial charge on any atom is -0.496 e. The first kappa shape index (κ1) is 27.6. The first-order valence-electron chi connectivity index (χ1n) is 12.4. The molecule has 0 aliphatic carbocycles. The number of anilines is 1. The zero-order valence-electron chi connectivity index (χ0n) is 22.3. The fourth-order valence-electron chi connectivity index (χ4n) is 4.32. The van der Waals surface area contributed by atoms with Crippen LogP contribution >= 0.6 is 11.5 Å². The molecule has 204 valence electrons. The highest BCUT2D eigenvalue weighted by Gasteiger charge is 2.38. The number of primary amides is 1. The molecule has 39 heavy (non-hydrogen) atoms. The summed E-state index contributed by atoms with van der Waals surface area (Å²) >= 11 is 0.771. The van der Waals surface area contributed by atoms with E-state index in [1.54, 1.807) is 19.4 Å². The van der Waals surface area contributed by atoms with E-state index in [0.29, 0.717) is 23.3 Å². The third-order valence-electron chi connectivity index (χ3n) is 6.77. The fourth-order valence-corrected chi connectivity index (χ4v) is 5.08. The number of nitrogens with zero attached hydrogens (tertiary/aromatic N) is 2. The van der Waals surface area contributed by atoms with Crippen LogP contribution in [0, 0.1) is 0 Å². The van der Waals surface area contributed by atoms with Gasteiger partial charge in [-0.2, -0.15) is 4.37 Å². The Labute approximate surface area is 230 Å². The van der Waals surface area contributed by atoms with Crippen LogP contribution in [0.4, 0.5) is 5.69 Å². The molecule has 0 saturated carbocycles. The minimum absolute atomic E-state index is 0.0102. The highest BCUT2D eigenvalue weighted by atomic mass is 32.1. The van der Waals surface area contributed by atoms with E-state index in [2.05, 4.69) is 14.7 Å². The van der Waals surface area contributed by atoms with Crippen LogP contribution in [-0.4, -0.2) is 44.6 Å². The van der Waals surface area contributed by atoms with Crippen molar-refractivity contribution < 1.29 is 19.1 Å². The summed E-state index contributed by atoms with van der Waals surface area (Å²) in [6, 6.07) is 13.7. The number of nitrogens with two attached hydrogens (primary N) is 2. The molecule has 0 aliphatic rings. The Balaban J connectivity index is 1.92. The van der Waals surface area contributed by atoms with Crippen LogP contribution in [-0.2, 0) is 11.3 Å². The molecule has 4 aromatic rings. The molecule has 0 unspecified atom stereocenters. The van der Waals surface area contributed by atoms with Crippen molar-refractivity contribution in [1.29, 1.82) is 0 Å². The van der Waals surface area contributed by atoms with Crippen LogP contribution in [0.5, 0.6) is 5.75 Å². The highest BCUT2D eigenvalue weighted by Crippen LogP contribution is 2.35. The molecule has 1 atom stereocenters. The van der Waals surface area contributed by atoms with Crippen LogP contribution in [0.1, 0.15) is 64.5 Å². The third kappa shape index (κ3) is 5.58. The summed E-state index contributed by atoms with van der Waals surface area (Å²) in [6.07, 6.45) is 2.41. The van der Waals surface area contributed by atoms with Gasteiger partial charge in [-0.25, -0.2) is 0 Å². The average molecular weight is 549 g/mol. The van der Waals surface area contributed by atoms with E-state index in [0.717, 1.165) is 22.4 Å². The number of rotatable bonds is 10. The number of aromatic nitrogens is 2. The molecule has 4 rings (SSSR count). The molecule has 0 bridgehead atoms. The number of carbonyl (C=O) groups excluding carboxylic acids is 3. The fraction of sp³-hybridized carbons (Fsp3) is 0.286. The summed E-state index contributed by atoms with van der Waals surface area (Å²) in [5, 5.41) is 3.89. The average Bonchev–Trinajstić information content (AvgIpc) is 3.51. The van der Waals surface area contributed by atoms with Crippen molar-refractivity contribution in [2.75, 3.05) is 12.8 Å². The van der Waals surface area contributed by atoms with Gasteiger partial charge in [-0.15, -0.1) is 0 Å². The number of hydrogen-bond acceptors (Lipinski definition) is 7. The van der Waals surface area contributed by atoms with Crippen molar-refractivity contribution in [1.82, 2.24) is 19.6 Å². The minimum atomic E-state index is -1.07. The van der Waals surface area contributed by atoms with Crippen molar-refractivity contribution in [3.05, 3.63) is 76.4 Å². The van der Waals surface area contributed by atoms with E-state index < -0.39 is 23.4 Å². The van der Waals surface area contributed by atoms with Crippen LogP contribution < -0.4 is 21.5 Å². The van der Waals surface area contributed by atoms with E-state index in [9.17, 15) is 14.4 Å². The summed E-state index contributed by atoms with van der Waals surface area (Å²) in [7, 11) is 1.54. The maximum atomic E-state index is 14.3. The second-order valence-electron chi connectivity index (χ2n) is 9.80. The number of nitrogen functional groups attached to an aromatic ring is 1. The first-order valence-corrected chi connectivity index (χ1v) is 13.2. The monoisotopic (exact) mass is 548 g/mol. The van der Waals surface area contributed by atoms with E-state index in [1.165, 1.54) is 4.90 Å². The number of benzene rings is 2. The van der Waals surface area contributed by atoms with Crippen molar-refractivity contribution >= 4 is 45.8 Å². The Morgan fingerprint density at radius 3 is 2.51 bits per heavy atom. The molecule has 0 aliphatic heterocycles. The van der Waals surface area contributed by atoms with E-state index >= 15 is 0 Å². The molecule has 3 amide bonds. The van der Waals surface area contributed by atoms with Gasteiger partial charge in [-0.1, -0.05) is 43.3 Å². The normalized spacial score (nSPS) is 12.2. The zero-order valence-corrected chi connectivity index (χ0v) is 23.1. The Morgan fingerprint density at radius 1 is 1.15 bits per heavy atom. The molecular formula is C28H32N6O4S. The van der Waals surface area contributed by atoms with Crippen molar-refractivity contribution in [3.8, 4) is 5.75 Å². The highest BCUT2D eigenvalue weighted by molar-refractivity contribution is 7.09. The first-order chi connectivity index (χ1) is 18.6. The Hall–Kier alpha value is -4.38. The molecule has 2 heterocycles. The molecule has 0 radical (unpaired) electrons. The lowest BCUT2D eigenvalue weighted by Crippen LogP contribution is -2.50. The Kier molecular flexibility index (Phi) is 7.91. The molecule has 6 N–H and O–H groups in total. The van der Waals surface area contributed by atoms with Crippen molar-refractivity contribution in [3.63, 3.8) is 0 Å². The maximum Gasteiger partial charge on any atom is 0.270 e. The molecule has 0 spiro atoms. The van der Waals surface area contributed by atoms with Crippen molar-refractivity contribution in [2.24, 2.45) is 5.73 Å². The topological polar surface area (TPSA) is 156 Å². The predicted molar refractivity (Wildman–Crippen MR) is 151 cm³/mol. The van der Waals surface area contributed by atoms with Crippen LogP contribution in [0.15, 0.2) is 54.7 Å². The summed E-state index contributed by atoms with van der Waals surface area (Å²) in [5.41, 5.74) is 12.9. The quantitative estimate of drug-likeness (QED) is 0.235. The van der Waals surface area contributed by atoms with E-state index in [1.807, 2.05) is 63.2 Å². The van der Waals surface area contributed by atoms with Crippen LogP contribution in [0.2, 0.25) is 0 Å². The van der Waals surface area contributed by atoms with Crippen LogP contribution in [0.25, 0.3) is 10.9 Å². The van der Waals surface area contributed by atoms with Gasteiger partial charge >= 0.3 is 0 Å². The van der Waals surface area contributed by atoms with Gasteiger partial charge in [0.15, 0.2) is 5.69 Å². The van der Waals surface area contributed by atoms with E-state index in [-0.39, 0.29) is 28.7 Å². The van der Waals surface area contributed by atoms with Gasteiger partial charge in [0.25, 0.3) is 11.8 Å². The van der Waals surface area contributed by atoms with Gasteiger partial charge in [-0.3, -0.25) is 14.4 Å². The molecule has 0 fully saturated rings. The van der Waals surface area contributed by atoms with Gasteiger partial charge in [0, 0.05) is 33.8 Å². The lowest BCUT2D eigenvalue weighted by molar-refractivity contribution is -0.127. The third-order valence-corrected chi connectivity index (χ3v) is 7.62. The smallest absolute Gasteiger partial charge is 0.270 e. The standard InChI is InChI=1S/C28H32N6O4S/c1-5-28(2,3)32-26(36)23(18-14-31-19-12-8-7-11-17(18)19)34(15-16-10-6-9-13-20(16)38-4)27(37)24-21(29)22(25(30)35)33-39-24/h6-14,23,31H,5,15,29H2,1-4H3,(H2,30,35)(H,32,36)/t23-/m0/s1. The Bertz CT molecular complexity index is 1530. The molecule has 0 saturated heterocycles. The molecular weight excluding hydrogens is 516 g/mol. The number of nitrogens with one attached hydrogen (secondary N) is 2. The second-order valence-corrected chi connectivity index (χ2v) is 10.6. The second kappa shape index (κ2) is 11.2. The number of carbonyl (C=O) groups is 3. The lowest BCUT2D eigenvalue weighted by Gasteiger charge is -2.34.